The topological polar surface area (TPSA) is 57.8 Å². The van der Waals surface area contributed by atoms with E-state index in [1.807, 2.05) is 48.8 Å². The van der Waals surface area contributed by atoms with E-state index >= 15 is 0 Å². The van der Waals surface area contributed by atoms with Crippen LogP contribution >= 0.6 is 22.7 Å². The zero-order valence-electron chi connectivity index (χ0n) is 13.0. The molecule has 1 aromatic carbocycles. The van der Waals surface area contributed by atoms with E-state index in [0.717, 1.165) is 31.4 Å². The smallest absolute Gasteiger partial charge is 0.251 e. The van der Waals surface area contributed by atoms with Crippen LogP contribution in [0.15, 0.2) is 48.0 Å². The number of aryl methyl sites for hydroxylation is 1. The Morgan fingerprint density at radius 2 is 2.21 bits per heavy atom. The van der Waals surface area contributed by atoms with Crippen LogP contribution < -0.4 is 5.32 Å². The van der Waals surface area contributed by atoms with Gasteiger partial charge in [0, 0.05) is 22.2 Å². The predicted molar refractivity (Wildman–Crippen MR) is 99.6 cm³/mol. The van der Waals surface area contributed by atoms with Crippen LogP contribution in [0.2, 0.25) is 0 Å². The first-order valence-corrected chi connectivity index (χ1v) is 9.26. The number of hydrogen-bond donors (Lipinski definition) is 2. The Kier molecular flexibility index (Phi) is 3.92. The molecule has 0 bridgehead atoms. The molecule has 0 aliphatic carbocycles. The fourth-order valence-corrected chi connectivity index (χ4v) is 4.35. The Bertz CT molecular complexity index is 999. The third kappa shape index (κ3) is 2.86. The molecule has 4 nitrogen and oxygen atoms in total. The van der Waals surface area contributed by atoms with E-state index < -0.39 is 0 Å². The Morgan fingerprint density at radius 3 is 3.04 bits per heavy atom. The van der Waals surface area contributed by atoms with Gasteiger partial charge >= 0.3 is 0 Å². The van der Waals surface area contributed by atoms with Crippen LogP contribution in [0.5, 0.6) is 0 Å². The second-order valence-electron chi connectivity index (χ2n) is 5.47. The van der Waals surface area contributed by atoms with Crippen LogP contribution in [-0.2, 0) is 6.54 Å². The number of hydrogen-bond acceptors (Lipinski definition) is 4. The normalized spacial score (nSPS) is 11.0. The molecule has 0 fully saturated rings. The summed E-state index contributed by atoms with van der Waals surface area (Å²) in [5.74, 6) is -0.0722. The van der Waals surface area contributed by atoms with E-state index in [9.17, 15) is 4.79 Å². The van der Waals surface area contributed by atoms with Gasteiger partial charge in [0.15, 0.2) is 0 Å². The zero-order valence-corrected chi connectivity index (χ0v) is 14.6. The largest absolute Gasteiger partial charge is 0.361 e. The Labute approximate surface area is 147 Å². The molecule has 2 N–H and O–H groups in total. The van der Waals surface area contributed by atoms with Crippen molar-refractivity contribution in [2.24, 2.45) is 0 Å². The van der Waals surface area contributed by atoms with Gasteiger partial charge in [-0.1, -0.05) is 12.1 Å². The van der Waals surface area contributed by atoms with Crippen molar-refractivity contribution in [2.75, 3.05) is 0 Å². The number of benzene rings is 1. The first-order valence-electron chi connectivity index (χ1n) is 7.56. The number of aromatic nitrogens is 2. The SMILES string of the molecule is Cc1nc(-c2cccs2)sc1CNC(=O)c1ccc2cc[nH]c2c1. The van der Waals surface area contributed by atoms with Gasteiger partial charge < -0.3 is 10.3 Å². The molecule has 0 saturated carbocycles. The second kappa shape index (κ2) is 6.22. The number of aromatic amines is 1. The van der Waals surface area contributed by atoms with Crippen LogP contribution in [0, 0.1) is 6.92 Å². The summed E-state index contributed by atoms with van der Waals surface area (Å²) in [6, 6.07) is 11.8. The summed E-state index contributed by atoms with van der Waals surface area (Å²) >= 11 is 3.32. The van der Waals surface area contributed by atoms with Crippen molar-refractivity contribution in [3.05, 3.63) is 64.1 Å². The molecule has 3 aromatic heterocycles. The number of thiazole rings is 1. The van der Waals surface area contributed by atoms with Gasteiger partial charge in [0.2, 0.25) is 0 Å². The third-order valence-electron chi connectivity index (χ3n) is 3.85. The molecule has 1 amide bonds. The number of rotatable bonds is 4. The van der Waals surface area contributed by atoms with Gasteiger partial charge in [0.05, 0.1) is 17.1 Å². The molecule has 0 saturated heterocycles. The van der Waals surface area contributed by atoms with Crippen molar-refractivity contribution in [1.29, 1.82) is 0 Å². The predicted octanol–water partition coefficient (Wildman–Crippen LogP) is 4.59. The lowest BCUT2D eigenvalue weighted by molar-refractivity contribution is 0.0951. The summed E-state index contributed by atoms with van der Waals surface area (Å²) in [4.78, 5) is 22.4. The molecule has 0 unspecified atom stereocenters. The highest BCUT2D eigenvalue weighted by atomic mass is 32.1. The van der Waals surface area contributed by atoms with Crippen molar-refractivity contribution in [3.8, 4) is 9.88 Å². The van der Waals surface area contributed by atoms with E-state index in [2.05, 4.69) is 21.4 Å². The number of thiophene rings is 1. The van der Waals surface area contributed by atoms with Gasteiger partial charge in [-0.2, -0.15) is 0 Å². The van der Waals surface area contributed by atoms with Gasteiger partial charge in [-0.3, -0.25) is 4.79 Å². The summed E-state index contributed by atoms with van der Waals surface area (Å²) in [5, 5.41) is 7.15. The first kappa shape index (κ1) is 15.1. The molecule has 4 rings (SSSR count). The van der Waals surface area contributed by atoms with E-state index in [-0.39, 0.29) is 5.91 Å². The zero-order chi connectivity index (χ0) is 16.5. The van der Waals surface area contributed by atoms with Gasteiger partial charge in [-0.25, -0.2) is 4.98 Å². The van der Waals surface area contributed by atoms with Crippen molar-refractivity contribution in [3.63, 3.8) is 0 Å². The van der Waals surface area contributed by atoms with Crippen LogP contribution in [0.1, 0.15) is 20.9 Å². The standard InChI is InChI=1S/C18H15N3OS2/c1-11-16(24-18(21-11)15-3-2-8-23-15)10-20-17(22)13-5-4-12-6-7-19-14(12)9-13/h2-9,19H,10H2,1H3,(H,20,22). The summed E-state index contributed by atoms with van der Waals surface area (Å²) in [6.45, 7) is 2.48. The molecular weight excluding hydrogens is 338 g/mol. The average Bonchev–Trinajstić information content (AvgIpc) is 3.32. The lowest BCUT2D eigenvalue weighted by Crippen LogP contribution is -2.22. The summed E-state index contributed by atoms with van der Waals surface area (Å²) in [5.41, 5.74) is 2.60. The second-order valence-corrected chi connectivity index (χ2v) is 7.50. The maximum absolute atomic E-state index is 12.4. The minimum atomic E-state index is -0.0722. The lowest BCUT2D eigenvalue weighted by Gasteiger charge is -2.04. The molecule has 0 aliphatic heterocycles. The maximum Gasteiger partial charge on any atom is 0.251 e. The summed E-state index contributed by atoms with van der Waals surface area (Å²) in [7, 11) is 0. The Morgan fingerprint density at radius 1 is 1.29 bits per heavy atom. The van der Waals surface area contributed by atoms with Crippen LogP contribution in [0.3, 0.4) is 0 Å². The fraction of sp³-hybridized carbons (Fsp3) is 0.111. The molecule has 0 atom stereocenters. The van der Waals surface area contributed by atoms with Crippen LogP contribution in [0.4, 0.5) is 0 Å². The molecule has 3 heterocycles. The van der Waals surface area contributed by atoms with Gasteiger partial charge in [-0.15, -0.1) is 22.7 Å². The highest BCUT2D eigenvalue weighted by Crippen LogP contribution is 2.31. The molecule has 0 spiro atoms. The van der Waals surface area contributed by atoms with E-state index in [1.54, 1.807) is 22.7 Å². The number of nitrogens with zero attached hydrogens (tertiary/aromatic N) is 1. The maximum atomic E-state index is 12.4. The van der Waals surface area contributed by atoms with Crippen molar-refractivity contribution in [2.45, 2.75) is 13.5 Å². The van der Waals surface area contributed by atoms with Crippen molar-refractivity contribution >= 4 is 39.5 Å². The van der Waals surface area contributed by atoms with E-state index in [0.29, 0.717) is 12.1 Å². The minimum absolute atomic E-state index is 0.0722. The first-order chi connectivity index (χ1) is 11.7. The van der Waals surface area contributed by atoms with Crippen LogP contribution in [-0.4, -0.2) is 15.9 Å². The van der Waals surface area contributed by atoms with Gasteiger partial charge in [0.25, 0.3) is 5.91 Å². The molecule has 0 radical (unpaired) electrons. The number of H-pyrrole nitrogens is 1. The van der Waals surface area contributed by atoms with Gasteiger partial charge in [0.1, 0.15) is 5.01 Å². The van der Waals surface area contributed by atoms with E-state index in [4.69, 9.17) is 0 Å². The van der Waals surface area contributed by atoms with Crippen LogP contribution in [0.25, 0.3) is 20.8 Å². The number of nitrogens with one attached hydrogen (secondary N) is 2. The number of amides is 1. The lowest BCUT2D eigenvalue weighted by atomic mass is 10.1. The molecule has 0 aliphatic rings. The highest BCUT2D eigenvalue weighted by molar-refractivity contribution is 7.21. The minimum Gasteiger partial charge on any atom is -0.361 e. The fourth-order valence-electron chi connectivity index (χ4n) is 2.55. The third-order valence-corrected chi connectivity index (χ3v) is 6.05. The number of carbonyl (C=O) groups excluding carboxylic acids is 1. The molecule has 24 heavy (non-hydrogen) atoms. The van der Waals surface area contributed by atoms with E-state index in [1.165, 1.54) is 0 Å². The van der Waals surface area contributed by atoms with Gasteiger partial charge in [-0.05, 0) is 42.0 Å². The summed E-state index contributed by atoms with van der Waals surface area (Å²) < 4.78 is 0. The number of fused-ring (bicyclic) bond motifs is 1. The highest BCUT2D eigenvalue weighted by Gasteiger charge is 2.12. The monoisotopic (exact) mass is 353 g/mol. The average molecular weight is 353 g/mol. The Balaban J connectivity index is 1.49. The molecule has 4 aromatic rings. The molecular formula is C18H15N3OS2. The number of carbonyl (C=O) groups is 1. The summed E-state index contributed by atoms with van der Waals surface area (Å²) in [6.07, 6.45) is 1.87. The quantitative estimate of drug-likeness (QED) is 0.564. The van der Waals surface area contributed by atoms with Crippen molar-refractivity contribution < 1.29 is 4.79 Å². The van der Waals surface area contributed by atoms with Crippen molar-refractivity contribution in [1.82, 2.24) is 15.3 Å². The molecule has 6 heteroatoms. The molecule has 120 valence electrons. The Hall–Kier alpha value is -2.44.